The maximum Gasteiger partial charge on any atom is 0.422 e. The van der Waals surface area contributed by atoms with E-state index in [1.807, 2.05) is 0 Å². The second kappa shape index (κ2) is 9.41. The van der Waals surface area contributed by atoms with Crippen molar-refractivity contribution < 1.29 is 32.0 Å². The second-order valence-corrected chi connectivity index (χ2v) is 7.48. The zero-order chi connectivity index (χ0) is 25.2. The summed E-state index contributed by atoms with van der Waals surface area (Å²) in [5.74, 6) is -1.15. The predicted molar refractivity (Wildman–Crippen MR) is 118 cm³/mol. The van der Waals surface area contributed by atoms with Gasteiger partial charge in [-0.15, -0.1) is 0 Å². The minimum atomic E-state index is -4.62. The molecule has 0 aliphatic carbocycles. The summed E-state index contributed by atoms with van der Waals surface area (Å²) < 4.78 is 55.8. The number of amides is 1. The first-order chi connectivity index (χ1) is 16.6. The molecule has 0 aliphatic rings. The van der Waals surface area contributed by atoms with Gasteiger partial charge in [0.2, 0.25) is 0 Å². The number of fused-ring (bicyclic) bond motifs is 1. The predicted octanol–water partition coefficient (Wildman–Crippen LogP) is 5.39. The number of benzene rings is 3. The lowest BCUT2D eigenvalue weighted by atomic mass is 10.1. The molecule has 1 amide bonds. The number of carbonyl (C=O) groups excluding carboxylic acids is 1. The molecular formula is C23H16F4N4O4. The number of H-pyrrole nitrogens is 1. The molecule has 1 aromatic heterocycles. The van der Waals surface area contributed by atoms with E-state index in [9.17, 15) is 32.5 Å². The quantitative estimate of drug-likeness (QED) is 0.206. The number of anilines is 1. The molecule has 180 valence electrons. The number of nitrogens with one attached hydrogen (secondary N) is 2. The SMILES string of the molecule is O=C(Nc1ccc2nc(Cc3ccccc3F)[nH]c2c1)c1cc(OCC(F)(F)F)ccc1[N+](=O)[O-]. The summed E-state index contributed by atoms with van der Waals surface area (Å²) in [6.45, 7) is -1.61. The van der Waals surface area contributed by atoms with Gasteiger partial charge in [0.1, 0.15) is 23.0 Å². The lowest BCUT2D eigenvalue weighted by Crippen LogP contribution is -2.20. The number of rotatable bonds is 7. The average Bonchev–Trinajstić information content (AvgIpc) is 3.20. The van der Waals surface area contributed by atoms with Crippen LogP contribution in [0.2, 0.25) is 0 Å². The van der Waals surface area contributed by atoms with E-state index in [2.05, 4.69) is 20.0 Å². The van der Waals surface area contributed by atoms with Gasteiger partial charge in [-0.2, -0.15) is 13.2 Å². The number of ether oxygens (including phenoxy) is 1. The zero-order valence-electron chi connectivity index (χ0n) is 17.7. The van der Waals surface area contributed by atoms with Gasteiger partial charge in [0.15, 0.2) is 6.61 Å². The molecule has 0 saturated carbocycles. The highest BCUT2D eigenvalue weighted by Crippen LogP contribution is 2.27. The molecule has 0 spiro atoms. The van der Waals surface area contributed by atoms with Crippen LogP contribution in [0.15, 0.2) is 60.7 Å². The first-order valence-electron chi connectivity index (χ1n) is 10.1. The molecule has 0 unspecified atom stereocenters. The number of alkyl halides is 3. The van der Waals surface area contributed by atoms with E-state index in [1.54, 1.807) is 24.3 Å². The highest BCUT2D eigenvalue weighted by atomic mass is 19.4. The average molecular weight is 488 g/mol. The number of nitro groups is 1. The Morgan fingerprint density at radius 2 is 1.89 bits per heavy atom. The van der Waals surface area contributed by atoms with Gasteiger partial charge in [-0.3, -0.25) is 14.9 Å². The third kappa shape index (κ3) is 5.72. The first-order valence-corrected chi connectivity index (χ1v) is 10.1. The van der Waals surface area contributed by atoms with Gasteiger partial charge in [-0.1, -0.05) is 18.2 Å². The number of carbonyl (C=O) groups is 1. The van der Waals surface area contributed by atoms with E-state index >= 15 is 0 Å². The Morgan fingerprint density at radius 1 is 1.11 bits per heavy atom. The summed E-state index contributed by atoms with van der Waals surface area (Å²) in [5.41, 5.74) is 0.685. The Labute approximate surface area is 194 Å². The molecule has 1 heterocycles. The monoisotopic (exact) mass is 488 g/mol. The van der Waals surface area contributed by atoms with Gasteiger partial charge in [-0.25, -0.2) is 9.37 Å². The number of aromatic nitrogens is 2. The molecule has 35 heavy (non-hydrogen) atoms. The van der Waals surface area contributed by atoms with E-state index in [0.29, 0.717) is 22.4 Å². The number of hydrogen-bond acceptors (Lipinski definition) is 5. The van der Waals surface area contributed by atoms with E-state index < -0.39 is 34.9 Å². The Kier molecular flexibility index (Phi) is 6.36. The fourth-order valence-electron chi connectivity index (χ4n) is 3.36. The molecule has 12 heteroatoms. The van der Waals surface area contributed by atoms with Crippen molar-refractivity contribution in [2.45, 2.75) is 12.6 Å². The van der Waals surface area contributed by atoms with Gasteiger partial charge >= 0.3 is 6.18 Å². The van der Waals surface area contributed by atoms with Crippen molar-refractivity contribution in [3.05, 3.63) is 93.5 Å². The molecule has 8 nitrogen and oxygen atoms in total. The van der Waals surface area contributed by atoms with E-state index in [0.717, 1.165) is 18.2 Å². The van der Waals surface area contributed by atoms with Crippen LogP contribution in [-0.4, -0.2) is 33.6 Å². The maximum absolute atomic E-state index is 13.9. The Balaban J connectivity index is 1.56. The summed E-state index contributed by atoms with van der Waals surface area (Å²) >= 11 is 0. The molecule has 3 aromatic carbocycles. The molecule has 0 aliphatic heterocycles. The highest BCUT2D eigenvalue weighted by molar-refractivity contribution is 6.07. The van der Waals surface area contributed by atoms with Crippen molar-refractivity contribution in [2.24, 2.45) is 0 Å². The highest BCUT2D eigenvalue weighted by Gasteiger charge is 2.29. The number of aromatic amines is 1. The Morgan fingerprint density at radius 3 is 2.60 bits per heavy atom. The van der Waals surface area contributed by atoms with Gasteiger partial charge in [0.25, 0.3) is 11.6 Å². The first kappa shape index (κ1) is 23.7. The molecule has 0 atom stereocenters. The molecule has 4 aromatic rings. The summed E-state index contributed by atoms with van der Waals surface area (Å²) in [4.78, 5) is 30.7. The second-order valence-electron chi connectivity index (χ2n) is 7.48. The lowest BCUT2D eigenvalue weighted by molar-refractivity contribution is -0.385. The zero-order valence-corrected chi connectivity index (χ0v) is 17.7. The number of halogens is 4. The van der Waals surface area contributed by atoms with Crippen molar-refractivity contribution in [1.82, 2.24) is 9.97 Å². The number of imidazole rings is 1. The Bertz CT molecular complexity index is 1420. The van der Waals surface area contributed by atoms with Gasteiger partial charge in [-0.05, 0) is 42.0 Å². The van der Waals surface area contributed by atoms with Gasteiger partial charge in [0, 0.05) is 18.2 Å². The van der Waals surface area contributed by atoms with Crippen molar-refractivity contribution in [1.29, 1.82) is 0 Å². The van der Waals surface area contributed by atoms with Crippen LogP contribution in [0, 0.1) is 15.9 Å². The molecule has 4 rings (SSSR count). The maximum atomic E-state index is 13.9. The van der Waals surface area contributed by atoms with Gasteiger partial charge in [0.05, 0.1) is 16.0 Å². The van der Waals surface area contributed by atoms with Crippen LogP contribution in [0.25, 0.3) is 11.0 Å². The third-order valence-corrected chi connectivity index (χ3v) is 4.92. The Hall–Kier alpha value is -4.48. The van der Waals surface area contributed by atoms with Crippen molar-refractivity contribution in [3.63, 3.8) is 0 Å². The lowest BCUT2D eigenvalue weighted by Gasteiger charge is -2.11. The fourth-order valence-corrected chi connectivity index (χ4v) is 3.36. The minimum Gasteiger partial charge on any atom is -0.484 e. The van der Waals surface area contributed by atoms with E-state index in [1.165, 1.54) is 18.2 Å². The van der Waals surface area contributed by atoms with E-state index in [4.69, 9.17) is 0 Å². The number of nitro benzene ring substituents is 1. The molecule has 2 N–H and O–H groups in total. The molecule has 0 bridgehead atoms. The molecule has 0 radical (unpaired) electrons. The third-order valence-electron chi connectivity index (χ3n) is 4.92. The smallest absolute Gasteiger partial charge is 0.422 e. The molecular weight excluding hydrogens is 472 g/mol. The van der Waals surface area contributed by atoms with Crippen LogP contribution >= 0.6 is 0 Å². The van der Waals surface area contributed by atoms with Crippen LogP contribution in [-0.2, 0) is 6.42 Å². The standard InChI is InChI=1S/C23H16F4N4O4/c24-17-4-2-1-3-13(17)9-21-29-18-7-5-14(10-19(18)30-21)28-22(32)16-11-15(35-12-23(25,26)27)6-8-20(16)31(33)34/h1-8,10-11H,9,12H2,(H,28,32)(H,29,30). The fraction of sp³-hybridized carbons (Fsp3) is 0.130. The normalized spacial score (nSPS) is 11.4. The summed E-state index contributed by atoms with van der Waals surface area (Å²) in [5, 5.41) is 13.8. The van der Waals surface area contributed by atoms with Crippen molar-refractivity contribution in [2.75, 3.05) is 11.9 Å². The summed E-state index contributed by atoms with van der Waals surface area (Å²) in [7, 11) is 0. The van der Waals surface area contributed by atoms with Gasteiger partial charge < -0.3 is 15.0 Å². The summed E-state index contributed by atoms with van der Waals surface area (Å²) in [6.07, 6.45) is -4.41. The van der Waals surface area contributed by atoms with Crippen LogP contribution in [0.5, 0.6) is 5.75 Å². The van der Waals surface area contributed by atoms with Crippen LogP contribution < -0.4 is 10.1 Å². The number of hydrogen-bond donors (Lipinski definition) is 2. The largest absolute Gasteiger partial charge is 0.484 e. The van der Waals surface area contributed by atoms with Crippen LogP contribution in [0.4, 0.5) is 28.9 Å². The number of nitrogens with zero attached hydrogens (tertiary/aromatic N) is 2. The van der Waals surface area contributed by atoms with Crippen molar-refractivity contribution in [3.8, 4) is 5.75 Å². The van der Waals surface area contributed by atoms with E-state index in [-0.39, 0.29) is 23.7 Å². The summed E-state index contributed by atoms with van der Waals surface area (Å²) in [6, 6.07) is 13.6. The van der Waals surface area contributed by atoms with Crippen molar-refractivity contribution >= 4 is 28.3 Å². The molecule has 0 saturated heterocycles. The molecule has 0 fully saturated rings. The minimum absolute atomic E-state index is 0.208. The van der Waals surface area contributed by atoms with Crippen LogP contribution in [0.3, 0.4) is 0 Å². The topological polar surface area (TPSA) is 110 Å². The van der Waals surface area contributed by atoms with Crippen LogP contribution in [0.1, 0.15) is 21.7 Å².